The third-order valence-corrected chi connectivity index (χ3v) is 7.47. The Morgan fingerprint density at radius 2 is 1.88 bits per heavy atom. The van der Waals surface area contributed by atoms with E-state index in [0.717, 1.165) is 24.1 Å². The first-order valence-electron chi connectivity index (χ1n) is 10.7. The second-order valence-corrected chi connectivity index (χ2v) is 10.5. The van der Waals surface area contributed by atoms with Crippen molar-refractivity contribution in [2.45, 2.75) is 41.7 Å². The van der Waals surface area contributed by atoms with Crippen LogP contribution in [0.4, 0.5) is 11.6 Å². The molecule has 2 aromatic carbocycles. The molecule has 1 atom stereocenters. The van der Waals surface area contributed by atoms with E-state index in [4.69, 9.17) is 0 Å². The molecule has 0 amide bonds. The van der Waals surface area contributed by atoms with Crippen LogP contribution in [0.2, 0.25) is 0 Å². The van der Waals surface area contributed by atoms with Gasteiger partial charge in [0.25, 0.3) is 10.0 Å². The van der Waals surface area contributed by atoms with E-state index >= 15 is 0 Å². The van der Waals surface area contributed by atoms with Gasteiger partial charge >= 0.3 is 0 Å². The fraction of sp³-hybridized carbons (Fsp3) is 0.304. The van der Waals surface area contributed by atoms with Crippen molar-refractivity contribution in [3.8, 4) is 0 Å². The molecule has 1 aromatic heterocycles. The predicted molar refractivity (Wildman–Crippen MR) is 131 cm³/mol. The number of hydrogen-bond acceptors (Lipinski definition) is 8. The van der Waals surface area contributed by atoms with Gasteiger partial charge < -0.3 is 15.7 Å². The maximum absolute atomic E-state index is 13.1. The number of hydrogen-bond donors (Lipinski definition) is 4. The summed E-state index contributed by atoms with van der Waals surface area (Å²) < 4.78 is 28.8. The zero-order valence-corrected chi connectivity index (χ0v) is 19.9. The minimum absolute atomic E-state index is 0.0826. The first-order valence-corrected chi connectivity index (χ1v) is 13.2. The summed E-state index contributed by atoms with van der Waals surface area (Å²) in [5, 5.41) is 16.2. The van der Waals surface area contributed by atoms with Gasteiger partial charge in [0.15, 0.2) is 5.16 Å². The van der Waals surface area contributed by atoms with Gasteiger partial charge in [0, 0.05) is 24.4 Å². The molecule has 0 saturated carbocycles. The second kappa shape index (κ2) is 10.5. The third kappa shape index (κ3) is 6.23. The fourth-order valence-corrected chi connectivity index (χ4v) is 5.31. The summed E-state index contributed by atoms with van der Waals surface area (Å²) in [4.78, 5) is 9.10. The van der Waals surface area contributed by atoms with Crippen molar-refractivity contribution in [3.63, 3.8) is 0 Å². The molecule has 4 N–H and O–H groups in total. The third-order valence-electron chi connectivity index (χ3n) is 5.20. The lowest BCUT2D eigenvalue weighted by atomic mass is 10.0. The Kier molecular flexibility index (Phi) is 7.49. The monoisotopic (exact) mass is 485 g/mol. The van der Waals surface area contributed by atoms with Crippen molar-refractivity contribution < 1.29 is 13.5 Å². The average molecular weight is 486 g/mol. The summed E-state index contributed by atoms with van der Waals surface area (Å²) in [7, 11) is -3.84. The molecule has 10 heteroatoms. The molecule has 0 fully saturated rings. The lowest BCUT2D eigenvalue weighted by Crippen LogP contribution is -2.24. The summed E-state index contributed by atoms with van der Waals surface area (Å²) in [5.74, 6) is 1.25. The SMILES string of the molecule is C[C@H](CO)Nc1cc(NS(=O)(=O)c2ccc3c(c2)CNCC3)nc(SCc2ccccc2)n1. The van der Waals surface area contributed by atoms with E-state index < -0.39 is 10.0 Å². The number of nitrogens with one attached hydrogen (secondary N) is 3. The maximum atomic E-state index is 13.1. The quantitative estimate of drug-likeness (QED) is 0.270. The number of aliphatic hydroxyl groups excluding tert-OH is 1. The number of sulfonamides is 1. The molecule has 0 saturated heterocycles. The summed E-state index contributed by atoms with van der Waals surface area (Å²) in [6, 6.07) is 16.4. The summed E-state index contributed by atoms with van der Waals surface area (Å²) in [5.41, 5.74) is 3.27. The Labute approximate surface area is 198 Å². The Hall–Kier alpha value is -2.66. The van der Waals surface area contributed by atoms with E-state index in [1.165, 1.54) is 23.4 Å². The topological polar surface area (TPSA) is 116 Å². The van der Waals surface area contributed by atoms with Crippen molar-refractivity contribution in [1.29, 1.82) is 0 Å². The lowest BCUT2D eigenvalue weighted by molar-refractivity contribution is 0.281. The highest BCUT2D eigenvalue weighted by atomic mass is 32.2. The van der Waals surface area contributed by atoms with Gasteiger partial charge in [0.1, 0.15) is 11.6 Å². The standard InChI is InChI=1S/C23H27N5O3S2/c1-16(14-29)25-21-12-22(27-23(26-21)32-15-17-5-3-2-4-6-17)28-33(30,31)20-8-7-18-9-10-24-13-19(18)11-20/h2-8,11-12,16,24,29H,9-10,13-15H2,1H3,(H2,25,26,27,28)/t16-/m1/s1. The number of nitrogens with zero attached hydrogens (tertiary/aromatic N) is 2. The van der Waals surface area contributed by atoms with Gasteiger partial charge in [0.2, 0.25) is 0 Å². The molecule has 2 heterocycles. The Bertz CT molecular complexity index is 1210. The van der Waals surface area contributed by atoms with Crippen LogP contribution in [0.1, 0.15) is 23.6 Å². The van der Waals surface area contributed by atoms with Crippen LogP contribution in [0.25, 0.3) is 0 Å². The number of thioether (sulfide) groups is 1. The summed E-state index contributed by atoms with van der Waals surface area (Å²) in [6.07, 6.45) is 0.884. The molecule has 0 unspecified atom stereocenters. The summed E-state index contributed by atoms with van der Waals surface area (Å²) >= 11 is 1.41. The number of rotatable bonds is 9. The minimum atomic E-state index is -3.84. The number of aliphatic hydroxyl groups is 1. The predicted octanol–water partition coefficient (Wildman–Crippen LogP) is 3.01. The molecule has 0 spiro atoms. The molecule has 0 aliphatic carbocycles. The molecule has 33 heavy (non-hydrogen) atoms. The highest BCUT2D eigenvalue weighted by Gasteiger charge is 2.19. The van der Waals surface area contributed by atoms with E-state index in [2.05, 4.69) is 25.3 Å². The van der Waals surface area contributed by atoms with E-state index in [1.807, 2.05) is 43.3 Å². The number of anilines is 2. The van der Waals surface area contributed by atoms with E-state index in [-0.39, 0.29) is 23.4 Å². The van der Waals surface area contributed by atoms with E-state index in [9.17, 15) is 13.5 Å². The van der Waals surface area contributed by atoms with Crippen molar-refractivity contribution in [2.24, 2.45) is 0 Å². The van der Waals surface area contributed by atoms with Crippen LogP contribution in [0, 0.1) is 0 Å². The summed E-state index contributed by atoms with van der Waals surface area (Å²) in [6.45, 7) is 3.27. The van der Waals surface area contributed by atoms with Gasteiger partial charge in [-0.1, -0.05) is 48.2 Å². The molecule has 4 rings (SSSR count). The van der Waals surface area contributed by atoms with Crippen LogP contribution in [0.15, 0.2) is 64.6 Å². The van der Waals surface area contributed by atoms with Crippen LogP contribution in [0.3, 0.4) is 0 Å². The average Bonchev–Trinajstić information content (AvgIpc) is 2.82. The number of benzene rings is 2. The van der Waals surface area contributed by atoms with Gasteiger partial charge in [-0.3, -0.25) is 4.72 Å². The highest BCUT2D eigenvalue weighted by Crippen LogP contribution is 2.26. The molecular weight excluding hydrogens is 458 g/mol. The zero-order chi connectivity index (χ0) is 23.3. The molecule has 3 aromatic rings. The second-order valence-electron chi connectivity index (χ2n) is 7.89. The number of aromatic nitrogens is 2. The van der Waals surface area contributed by atoms with Gasteiger partial charge in [0.05, 0.1) is 11.5 Å². The highest BCUT2D eigenvalue weighted by molar-refractivity contribution is 7.98. The fourth-order valence-electron chi connectivity index (χ4n) is 3.46. The van der Waals surface area contributed by atoms with Crippen LogP contribution in [0.5, 0.6) is 0 Å². The first kappa shape index (κ1) is 23.5. The molecule has 1 aliphatic heterocycles. The van der Waals surface area contributed by atoms with Gasteiger partial charge in [-0.15, -0.1) is 0 Å². The Balaban J connectivity index is 1.58. The van der Waals surface area contributed by atoms with Crippen molar-refractivity contribution in [3.05, 3.63) is 71.3 Å². The Morgan fingerprint density at radius 1 is 1.09 bits per heavy atom. The molecule has 0 radical (unpaired) electrons. The van der Waals surface area contributed by atoms with Crippen molar-refractivity contribution in [1.82, 2.24) is 15.3 Å². The van der Waals surface area contributed by atoms with Crippen LogP contribution >= 0.6 is 11.8 Å². The maximum Gasteiger partial charge on any atom is 0.263 e. The van der Waals surface area contributed by atoms with Gasteiger partial charge in [-0.25, -0.2) is 18.4 Å². The molecule has 174 valence electrons. The van der Waals surface area contributed by atoms with Crippen LogP contribution < -0.4 is 15.4 Å². The molecule has 0 bridgehead atoms. The van der Waals surface area contributed by atoms with E-state index in [0.29, 0.717) is 23.3 Å². The van der Waals surface area contributed by atoms with Crippen molar-refractivity contribution >= 4 is 33.4 Å². The van der Waals surface area contributed by atoms with Crippen LogP contribution in [-0.4, -0.2) is 42.7 Å². The smallest absolute Gasteiger partial charge is 0.263 e. The van der Waals surface area contributed by atoms with Crippen LogP contribution in [-0.2, 0) is 28.7 Å². The van der Waals surface area contributed by atoms with Crippen molar-refractivity contribution in [2.75, 3.05) is 23.2 Å². The van der Waals surface area contributed by atoms with Gasteiger partial charge in [-0.05, 0) is 48.7 Å². The molecular formula is C23H27N5O3S2. The minimum Gasteiger partial charge on any atom is -0.394 e. The largest absolute Gasteiger partial charge is 0.394 e. The zero-order valence-electron chi connectivity index (χ0n) is 18.3. The molecule has 8 nitrogen and oxygen atoms in total. The molecule has 1 aliphatic rings. The lowest BCUT2D eigenvalue weighted by Gasteiger charge is -2.18. The number of fused-ring (bicyclic) bond motifs is 1. The van der Waals surface area contributed by atoms with E-state index in [1.54, 1.807) is 12.1 Å². The van der Waals surface area contributed by atoms with Gasteiger partial charge in [-0.2, -0.15) is 0 Å². The Morgan fingerprint density at radius 3 is 2.67 bits per heavy atom. The normalized spacial score (nSPS) is 14.4. The first-order chi connectivity index (χ1) is 15.9.